The van der Waals surface area contributed by atoms with Gasteiger partial charge in [-0.25, -0.2) is 0 Å². The van der Waals surface area contributed by atoms with E-state index in [1.54, 1.807) is 6.07 Å². The van der Waals surface area contributed by atoms with Crippen molar-refractivity contribution >= 4 is 22.3 Å². The maximum atomic E-state index is 9.26. The van der Waals surface area contributed by atoms with E-state index in [0.717, 1.165) is 28.0 Å². The molecule has 0 atom stereocenters. The van der Waals surface area contributed by atoms with E-state index in [4.69, 9.17) is 0 Å². The molecule has 4 nitrogen and oxygen atoms in total. The molecule has 0 aliphatic rings. The molecule has 21 heavy (non-hydrogen) atoms. The van der Waals surface area contributed by atoms with E-state index in [1.807, 2.05) is 61.3 Å². The summed E-state index contributed by atoms with van der Waals surface area (Å²) in [7, 11) is 1.90. The standard InChI is InChI=1S/C17H14N4/c1-12-14-8-4-5-9-15(14)17(20-19-12)21(2)16-10-6-3-7-13(16)11-18/h3-10H,1-2H3. The minimum absolute atomic E-state index is 0.617. The Balaban J connectivity index is 2.21. The quantitative estimate of drug-likeness (QED) is 0.716. The molecule has 0 radical (unpaired) electrons. The summed E-state index contributed by atoms with van der Waals surface area (Å²) >= 11 is 0. The Kier molecular flexibility index (Phi) is 3.25. The molecule has 0 saturated heterocycles. The van der Waals surface area contributed by atoms with Gasteiger partial charge < -0.3 is 4.90 Å². The van der Waals surface area contributed by atoms with E-state index in [1.165, 1.54) is 0 Å². The second-order valence-corrected chi connectivity index (χ2v) is 4.84. The van der Waals surface area contributed by atoms with E-state index in [0.29, 0.717) is 5.56 Å². The van der Waals surface area contributed by atoms with Gasteiger partial charge in [-0.1, -0.05) is 36.4 Å². The Morgan fingerprint density at radius 2 is 1.62 bits per heavy atom. The van der Waals surface area contributed by atoms with Crippen molar-refractivity contribution in [3.8, 4) is 6.07 Å². The van der Waals surface area contributed by atoms with Crippen LogP contribution in [0.2, 0.25) is 0 Å². The summed E-state index contributed by atoms with van der Waals surface area (Å²) < 4.78 is 0. The number of aryl methyl sites for hydroxylation is 1. The molecule has 0 bridgehead atoms. The van der Waals surface area contributed by atoms with E-state index in [-0.39, 0.29) is 0 Å². The highest BCUT2D eigenvalue weighted by molar-refractivity contribution is 5.95. The van der Waals surface area contributed by atoms with Crippen LogP contribution in [0.5, 0.6) is 0 Å². The van der Waals surface area contributed by atoms with Crippen molar-refractivity contribution in [1.29, 1.82) is 5.26 Å². The van der Waals surface area contributed by atoms with E-state index in [9.17, 15) is 5.26 Å². The average Bonchev–Trinajstić information content (AvgIpc) is 2.55. The zero-order valence-corrected chi connectivity index (χ0v) is 11.9. The summed E-state index contributed by atoms with van der Waals surface area (Å²) in [5.74, 6) is 0.749. The summed E-state index contributed by atoms with van der Waals surface area (Å²) in [4.78, 5) is 1.91. The Labute approximate surface area is 123 Å². The van der Waals surface area contributed by atoms with Crippen LogP contribution in [0.1, 0.15) is 11.3 Å². The maximum absolute atomic E-state index is 9.26. The van der Waals surface area contributed by atoms with Crippen LogP contribution in [0.25, 0.3) is 10.8 Å². The fourth-order valence-electron chi connectivity index (χ4n) is 2.45. The van der Waals surface area contributed by atoms with Gasteiger partial charge in [-0.2, -0.15) is 10.4 Å². The van der Waals surface area contributed by atoms with Gasteiger partial charge in [0.15, 0.2) is 5.82 Å². The van der Waals surface area contributed by atoms with Crippen LogP contribution in [0.4, 0.5) is 11.5 Å². The van der Waals surface area contributed by atoms with Gasteiger partial charge in [0.2, 0.25) is 0 Å². The average molecular weight is 274 g/mol. The lowest BCUT2D eigenvalue weighted by molar-refractivity contribution is 0.971. The minimum Gasteiger partial charge on any atom is -0.326 e. The number of fused-ring (bicyclic) bond motifs is 1. The Morgan fingerprint density at radius 1 is 0.952 bits per heavy atom. The van der Waals surface area contributed by atoms with Gasteiger partial charge in [-0.05, 0) is 19.1 Å². The monoisotopic (exact) mass is 274 g/mol. The van der Waals surface area contributed by atoms with Crippen LogP contribution < -0.4 is 4.90 Å². The Bertz CT molecular complexity index is 849. The second-order valence-electron chi connectivity index (χ2n) is 4.84. The first-order valence-corrected chi connectivity index (χ1v) is 6.67. The number of para-hydroxylation sites is 1. The highest BCUT2D eigenvalue weighted by atomic mass is 15.3. The van der Waals surface area contributed by atoms with Crippen LogP contribution >= 0.6 is 0 Å². The zero-order chi connectivity index (χ0) is 14.8. The van der Waals surface area contributed by atoms with Gasteiger partial charge in [0.25, 0.3) is 0 Å². The Hall–Kier alpha value is -2.93. The molecule has 0 aliphatic heterocycles. The number of anilines is 2. The number of hydrogen-bond acceptors (Lipinski definition) is 4. The summed E-state index contributed by atoms with van der Waals surface area (Å²) in [6, 6.07) is 17.7. The molecule has 2 aromatic carbocycles. The number of rotatable bonds is 2. The van der Waals surface area contributed by atoms with Crippen LogP contribution in [0.15, 0.2) is 48.5 Å². The van der Waals surface area contributed by atoms with Gasteiger partial charge >= 0.3 is 0 Å². The highest BCUT2D eigenvalue weighted by Gasteiger charge is 2.14. The number of benzene rings is 2. The van der Waals surface area contributed by atoms with Crippen molar-refractivity contribution in [1.82, 2.24) is 10.2 Å². The SMILES string of the molecule is Cc1nnc(N(C)c2ccccc2C#N)c2ccccc12. The third-order valence-electron chi connectivity index (χ3n) is 3.56. The lowest BCUT2D eigenvalue weighted by atomic mass is 10.1. The van der Waals surface area contributed by atoms with Gasteiger partial charge in [0.05, 0.1) is 16.9 Å². The van der Waals surface area contributed by atoms with Crippen molar-refractivity contribution in [3.05, 3.63) is 59.8 Å². The molecule has 4 heteroatoms. The topological polar surface area (TPSA) is 52.8 Å². The first kappa shape index (κ1) is 13.1. The molecule has 0 amide bonds. The number of hydrogen-bond donors (Lipinski definition) is 0. The predicted octanol–water partition coefficient (Wildman–Crippen LogP) is 3.58. The number of nitrogens with zero attached hydrogens (tertiary/aromatic N) is 4. The van der Waals surface area contributed by atoms with E-state index >= 15 is 0 Å². The third-order valence-corrected chi connectivity index (χ3v) is 3.56. The third kappa shape index (κ3) is 2.19. The molecule has 0 aliphatic carbocycles. The van der Waals surface area contributed by atoms with Gasteiger partial charge in [-0.15, -0.1) is 5.10 Å². The first-order valence-electron chi connectivity index (χ1n) is 6.67. The van der Waals surface area contributed by atoms with Crippen molar-refractivity contribution in [2.75, 3.05) is 11.9 Å². The molecule has 3 aromatic rings. The summed E-state index contributed by atoms with van der Waals surface area (Å²) in [6.07, 6.45) is 0. The molecular weight excluding hydrogens is 260 g/mol. The Morgan fingerprint density at radius 3 is 2.38 bits per heavy atom. The van der Waals surface area contributed by atoms with Crippen molar-refractivity contribution in [2.45, 2.75) is 6.92 Å². The molecule has 1 heterocycles. The normalized spacial score (nSPS) is 10.3. The molecule has 1 aromatic heterocycles. The molecule has 0 spiro atoms. The van der Waals surface area contributed by atoms with Gasteiger partial charge in [0.1, 0.15) is 6.07 Å². The van der Waals surface area contributed by atoms with Crippen LogP contribution in [-0.2, 0) is 0 Å². The van der Waals surface area contributed by atoms with Crippen LogP contribution in [-0.4, -0.2) is 17.2 Å². The largest absolute Gasteiger partial charge is 0.326 e. The molecule has 102 valence electrons. The van der Waals surface area contributed by atoms with Gasteiger partial charge in [0, 0.05) is 17.8 Å². The van der Waals surface area contributed by atoms with Crippen molar-refractivity contribution < 1.29 is 0 Å². The molecule has 0 saturated carbocycles. The summed E-state index contributed by atoms with van der Waals surface area (Å²) in [6.45, 7) is 1.95. The molecule has 0 N–H and O–H groups in total. The van der Waals surface area contributed by atoms with Gasteiger partial charge in [-0.3, -0.25) is 0 Å². The fourth-order valence-corrected chi connectivity index (χ4v) is 2.45. The van der Waals surface area contributed by atoms with Crippen LogP contribution in [0.3, 0.4) is 0 Å². The highest BCUT2D eigenvalue weighted by Crippen LogP contribution is 2.31. The molecule has 3 rings (SSSR count). The minimum atomic E-state index is 0.617. The number of aromatic nitrogens is 2. The number of nitriles is 1. The lowest BCUT2D eigenvalue weighted by Gasteiger charge is -2.20. The van der Waals surface area contributed by atoms with E-state index in [2.05, 4.69) is 16.3 Å². The lowest BCUT2D eigenvalue weighted by Crippen LogP contribution is -2.14. The summed E-state index contributed by atoms with van der Waals surface area (Å²) in [5.41, 5.74) is 2.34. The van der Waals surface area contributed by atoms with E-state index < -0.39 is 0 Å². The fraction of sp³-hybridized carbons (Fsp3) is 0.118. The van der Waals surface area contributed by atoms with Crippen molar-refractivity contribution in [2.24, 2.45) is 0 Å². The first-order chi connectivity index (χ1) is 10.2. The summed E-state index contributed by atoms with van der Waals surface area (Å²) in [5, 5.41) is 19.9. The van der Waals surface area contributed by atoms with Crippen LogP contribution in [0, 0.1) is 18.3 Å². The van der Waals surface area contributed by atoms with Crippen molar-refractivity contribution in [3.63, 3.8) is 0 Å². The predicted molar refractivity (Wildman–Crippen MR) is 83.5 cm³/mol. The molecular formula is C17H14N4. The zero-order valence-electron chi connectivity index (χ0n) is 11.9. The maximum Gasteiger partial charge on any atom is 0.163 e. The molecule has 0 fully saturated rings. The smallest absolute Gasteiger partial charge is 0.163 e. The molecule has 0 unspecified atom stereocenters. The second kappa shape index (κ2) is 5.22.